The minimum Gasteiger partial charge on any atom is -0.379 e. The molecule has 16 heavy (non-hydrogen) atoms. The van der Waals surface area contributed by atoms with Crippen molar-refractivity contribution >= 4 is 0 Å². The maximum absolute atomic E-state index is 5.83. The third-order valence-electron chi connectivity index (χ3n) is 3.65. The average Bonchev–Trinajstić information content (AvgIpc) is 2.29. The molecule has 1 aliphatic rings. The molecule has 0 aromatic heterocycles. The molecule has 0 saturated heterocycles. The number of ether oxygens (including phenoxy) is 1. The van der Waals surface area contributed by atoms with Crippen LogP contribution in [0.4, 0.5) is 0 Å². The fourth-order valence-corrected chi connectivity index (χ4v) is 2.49. The summed E-state index contributed by atoms with van der Waals surface area (Å²) >= 11 is 0. The van der Waals surface area contributed by atoms with Crippen LogP contribution in [0.25, 0.3) is 0 Å². The summed E-state index contributed by atoms with van der Waals surface area (Å²) in [5, 5.41) is 3.69. The molecule has 1 rings (SSSR count). The number of hydrogen-bond donors (Lipinski definition) is 2. The lowest BCUT2D eigenvalue weighted by molar-refractivity contribution is 0.00645. The van der Waals surface area contributed by atoms with Gasteiger partial charge in [0.25, 0.3) is 0 Å². The van der Waals surface area contributed by atoms with E-state index in [-0.39, 0.29) is 5.60 Å². The van der Waals surface area contributed by atoms with Crippen molar-refractivity contribution in [2.24, 2.45) is 5.73 Å². The van der Waals surface area contributed by atoms with E-state index in [1.54, 1.807) is 7.11 Å². The molecule has 1 fully saturated rings. The summed E-state index contributed by atoms with van der Waals surface area (Å²) in [6.45, 7) is 4.94. The standard InChI is InChI=1S/C13H28N2O/c1-13(2,16-3)9-12(10-14)15-11-7-5-4-6-8-11/h11-12,15H,4-10,14H2,1-3H3. The molecular weight excluding hydrogens is 200 g/mol. The van der Waals surface area contributed by atoms with E-state index >= 15 is 0 Å². The van der Waals surface area contributed by atoms with Gasteiger partial charge in [-0.25, -0.2) is 0 Å². The normalized spacial score (nSPS) is 21.0. The van der Waals surface area contributed by atoms with Crippen LogP contribution in [0.15, 0.2) is 0 Å². The summed E-state index contributed by atoms with van der Waals surface area (Å²) in [5.74, 6) is 0. The van der Waals surface area contributed by atoms with Crippen LogP contribution in [0.5, 0.6) is 0 Å². The SMILES string of the molecule is COC(C)(C)CC(CN)NC1CCCCC1. The lowest BCUT2D eigenvalue weighted by Crippen LogP contribution is -2.47. The molecule has 0 aliphatic heterocycles. The lowest BCUT2D eigenvalue weighted by atomic mass is 9.92. The molecule has 0 aromatic carbocycles. The quantitative estimate of drug-likeness (QED) is 0.731. The highest BCUT2D eigenvalue weighted by molar-refractivity contribution is 4.83. The molecule has 1 saturated carbocycles. The largest absolute Gasteiger partial charge is 0.379 e. The summed E-state index contributed by atoms with van der Waals surface area (Å²) in [6.07, 6.45) is 7.73. The highest BCUT2D eigenvalue weighted by Crippen LogP contribution is 2.20. The predicted octanol–water partition coefficient (Wildman–Crippen LogP) is 2.05. The Bertz CT molecular complexity index is 188. The van der Waals surface area contributed by atoms with Crippen LogP contribution >= 0.6 is 0 Å². The number of rotatable bonds is 6. The van der Waals surface area contributed by atoms with Crippen molar-refractivity contribution in [1.82, 2.24) is 5.32 Å². The minimum absolute atomic E-state index is 0.0777. The topological polar surface area (TPSA) is 47.3 Å². The molecular formula is C13H28N2O. The Morgan fingerprint density at radius 3 is 2.44 bits per heavy atom. The molecule has 96 valence electrons. The van der Waals surface area contributed by atoms with E-state index in [1.165, 1.54) is 32.1 Å². The second-order valence-corrected chi connectivity index (χ2v) is 5.60. The van der Waals surface area contributed by atoms with Crippen molar-refractivity contribution in [3.63, 3.8) is 0 Å². The van der Waals surface area contributed by atoms with Gasteiger partial charge in [-0.15, -0.1) is 0 Å². The van der Waals surface area contributed by atoms with E-state index < -0.39 is 0 Å². The van der Waals surface area contributed by atoms with Crippen molar-refractivity contribution in [3.8, 4) is 0 Å². The lowest BCUT2D eigenvalue weighted by Gasteiger charge is -2.32. The Morgan fingerprint density at radius 2 is 1.94 bits per heavy atom. The summed E-state index contributed by atoms with van der Waals surface area (Å²) in [7, 11) is 1.77. The van der Waals surface area contributed by atoms with Gasteiger partial charge in [0.15, 0.2) is 0 Å². The van der Waals surface area contributed by atoms with E-state index in [4.69, 9.17) is 10.5 Å². The molecule has 0 spiro atoms. The molecule has 0 bridgehead atoms. The highest BCUT2D eigenvalue weighted by Gasteiger charge is 2.24. The Hall–Kier alpha value is -0.120. The van der Waals surface area contributed by atoms with Gasteiger partial charge in [0, 0.05) is 25.7 Å². The van der Waals surface area contributed by atoms with Crippen molar-refractivity contribution < 1.29 is 4.74 Å². The third kappa shape index (κ3) is 4.81. The molecule has 3 heteroatoms. The molecule has 0 heterocycles. The first kappa shape index (κ1) is 13.9. The van der Waals surface area contributed by atoms with E-state index in [9.17, 15) is 0 Å². The maximum atomic E-state index is 5.83. The average molecular weight is 228 g/mol. The van der Waals surface area contributed by atoms with Crippen molar-refractivity contribution in [2.45, 2.75) is 70.1 Å². The predicted molar refractivity (Wildman–Crippen MR) is 68.6 cm³/mol. The molecule has 1 atom stereocenters. The van der Waals surface area contributed by atoms with Gasteiger partial charge in [-0.1, -0.05) is 19.3 Å². The van der Waals surface area contributed by atoms with Gasteiger partial charge in [0.2, 0.25) is 0 Å². The molecule has 3 nitrogen and oxygen atoms in total. The number of nitrogens with two attached hydrogens (primary N) is 1. The zero-order chi connectivity index (χ0) is 12.0. The summed E-state index contributed by atoms with van der Waals surface area (Å²) in [4.78, 5) is 0. The smallest absolute Gasteiger partial charge is 0.0638 e. The van der Waals surface area contributed by atoms with Crippen LogP contribution in [-0.2, 0) is 4.74 Å². The zero-order valence-electron chi connectivity index (χ0n) is 11.1. The first-order chi connectivity index (χ1) is 7.57. The molecule has 0 radical (unpaired) electrons. The van der Waals surface area contributed by atoms with Gasteiger partial charge in [0.05, 0.1) is 5.60 Å². The van der Waals surface area contributed by atoms with E-state index in [0.29, 0.717) is 18.6 Å². The van der Waals surface area contributed by atoms with Gasteiger partial charge in [-0.3, -0.25) is 0 Å². The number of nitrogens with one attached hydrogen (secondary N) is 1. The van der Waals surface area contributed by atoms with E-state index in [1.807, 2.05) is 0 Å². The fraction of sp³-hybridized carbons (Fsp3) is 1.00. The van der Waals surface area contributed by atoms with Gasteiger partial charge in [0.1, 0.15) is 0 Å². The van der Waals surface area contributed by atoms with Crippen LogP contribution in [-0.4, -0.2) is 31.3 Å². The van der Waals surface area contributed by atoms with Crippen molar-refractivity contribution in [2.75, 3.05) is 13.7 Å². The second kappa shape index (κ2) is 6.58. The van der Waals surface area contributed by atoms with Crippen LogP contribution in [0.2, 0.25) is 0 Å². The first-order valence-corrected chi connectivity index (χ1v) is 6.58. The van der Waals surface area contributed by atoms with Gasteiger partial charge < -0.3 is 15.8 Å². The Morgan fingerprint density at radius 1 is 1.31 bits per heavy atom. The monoisotopic (exact) mass is 228 g/mol. The van der Waals surface area contributed by atoms with E-state index in [2.05, 4.69) is 19.2 Å². The van der Waals surface area contributed by atoms with Crippen molar-refractivity contribution in [3.05, 3.63) is 0 Å². The van der Waals surface area contributed by atoms with Gasteiger partial charge in [-0.05, 0) is 33.1 Å². The fourth-order valence-electron chi connectivity index (χ4n) is 2.49. The van der Waals surface area contributed by atoms with Crippen LogP contribution < -0.4 is 11.1 Å². The summed E-state index contributed by atoms with van der Waals surface area (Å²) < 4.78 is 5.46. The zero-order valence-corrected chi connectivity index (χ0v) is 11.1. The van der Waals surface area contributed by atoms with Crippen LogP contribution in [0.3, 0.4) is 0 Å². The maximum Gasteiger partial charge on any atom is 0.0638 e. The Kier molecular flexibility index (Phi) is 5.73. The summed E-state index contributed by atoms with van der Waals surface area (Å²) in [5.41, 5.74) is 5.76. The first-order valence-electron chi connectivity index (χ1n) is 6.58. The Balaban J connectivity index is 2.35. The third-order valence-corrected chi connectivity index (χ3v) is 3.65. The second-order valence-electron chi connectivity index (χ2n) is 5.60. The Labute approximate surface area is 100 Å². The molecule has 0 amide bonds. The van der Waals surface area contributed by atoms with E-state index in [0.717, 1.165) is 6.42 Å². The van der Waals surface area contributed by atoms with Crippen LogP contribution in [0.1, 0.15) is 52.4 Å². The summed E-state index contributed by atoms with van der Waals surface area (Å²) in [6, 6.07) is 1.06. The number of hydrogen-bond acceptors (Lipinski definition) is 3. The highest BCUT2D eigenvalue weighted by atomic mass is 16.5. The van der Waals surface area contributed by atoms with Gasteiger partial charge in [-0.2, -0.15) is 0 Å². The minimum atomic E-state index is -0.0777. The molecule has 0 aromatic rings. The number of methoxy groups -OCH3 is 1. The van der Waals surface area contributed by atoms with Gasteiger partial charge >= 0.3 is 0 Å². The molecule has 1 aliphatic carbocycles. The van der Waals surface area contributed by atoms with Crippen molar-refractivity contribution in [1.29, 1.82) is 0 Å². The molecule has 1 unspecified atom stereocenters. The van der Waals surface area contributed by atoms with Crippen LogP contribution in [0, 0.1) is 0 Å². The molecule has 3 N–H and O–H groups in total.